The van der Waals surface area contributed by atoms with E-state index in [9.17, 15) is 9.18 Å². The lowest BCUT2D eigenvalue weighted by molar-refractivity contribution is 0.101. The molecule has 0 heterocycles. The Morgan fingerprint density at radius 3 is 2.22 bits per heavy atom. The molecule has 0 saturated heterocycles. The van der Waals surface area contributed by atoms with Gasteiger partial charge in [-0.05, 0) is 31.8 Å². The van der Waals surface area contributed by atoms with Gasteiger partial charge in [-0.15, -0.1) is 0 Å². The second-order valence-corrected chi connectivity index (χ2v) is 5.05. The first-order valence-corrected chi connectivity index (χ1v) is 6.65. The number of Topliss-reactive ketones (excluding diaryl/α,β-unsaturated/α-hetero) is 1. The Morgan fingerprint density at radius 2 is 1.67 bits per heavy atom. The van der Waals surface area contributed by atoms with E-state index >= 15 is 0 Å². The summed E-state index contributed by atoms with van der Waals surface area (Å²) in [5.74, 6) is 0.237. The first-order valence-electron chi connectivity index (χ1n) is 6.65. The number of carbonyl (C=O) groups excluding carboxylic acids is 1. The van der Waals surface area contributed by atoms with Crippen LogP contribution in [-0.4, -0.2) is 5.78 Å². The number of ketones is 1. The highest BCUT2D eigenvalue weighted by Gasteiger charge is 2.12. The van der Waals surface area contributed by atoms with E-state index in [0.29, 0.717) is 17.0 Å². The Labute approximate surface area is 108 Å². The van der Waals surface area contributed by atoms with Crippen molar-refractivity contribution in [1.29, 1.82) is 0 Å². The van der Waals surface area contributed by atoms with Crippen LogP contribution in [0.15, 0.2) is 30.3 Å². The van der Waals surface area contributed by atoms with Crippen molar-refractivity contribution in [2.75, 3.05) is 0 Å². The SMILES string of the molecule is CC(=O)c1ccc(/C(F)=C/C2CCCCC2)cc1. The molecule has 0 spiro atoms. The lowest BCUT2D eigenvalue weighted by Gasteiger charge is -2.18. The second kappa shape index (κ2) is 5.94. The van der Waals surface area contributed by atoms with Crippen molar-refractivity contribution in [3.05, 3.63) is 41.5 Å². The van der Waals surface area contributed by atoms with E-state index in [0.717, 1.165) is 12.8 Å². The molecule has 0 N–H and O–H groups in total. The molecule has 1 nitrogen and oxygen atoms in total. The third-order valence-electron chi connectivity index (χ3n) is 3.60. The normalized spacial score (nSPS) is 17.8. The highest BCUT2D eigenvalue weighted by atomic mass is 19.1. The first kappa shape index (κ1) is 13.0. The summed E-state index contributed by atoms with van der Waals surface area (Å²) in [5, 5.41) is 0. The summed E-state index contributed by atoms with van der Waals surface area (Å²) >= 11 is 0. The molecule has 1 aromatic carbocycles. The molecule has 1 saturated carbocycles. The molecule has 0 aromatic heterocycles. The number of rotatable bonds is 3. The Bertz CT molecular complexity index is 439. The number of benzene rings is 1. The molecule has 2 rings (SSSR count). The smallest absolute Gasteiger partial charge is 0.159 e. The maximum Gasteiger partial charge on any atom is 0.159 e. The molecule has 1 aromatic rings. The zero-order valence-electron chi connectivity index (χ0n) is 10.8. The van der Waals surface area contributed by atoms with Crippen molar-refractivity contribution in [2.24, 2.45) is 5.92 Å². The molecule has 1 aliphatic carbocycles. The van der Waals surface area contributed by atoms with E-state index in [1.165, 1.54) is 26.2 Å². The molecular formula is C16H19FO. The van der Waals surface area contributed by atoms with Crippen LogP contribution in [0.25, 0.3) is 5.83 Å². The monoisotopic (exact) mass is 246 g/mol. The second-order valence-electron chi connectivity index (χ2n) is 5.05. The fourth-order valence-corrected chi connectivity index (χ4v) is 2.47. The zero-order valence-corrected chi connectivity index (χ0v) is 10.8. The van der Waals surface area contributed by atoms with Gasteiger partial charge >= 0.3 is 0 Å². The topological polar surface area (TPSA) is 17.1 Å². The van der Waals surface area contributed by atoms with Crippen LogP contribution in [0.3, 0.4) is 0 Å². The van der Waals surface area contributed by atoms with Crippen molar-refractivity contribution in [3.63, 3.8) is 0 Å². The molecule has 0 atom stereocenters. The molecule has 2 heteroatoms. The Morgan fingerprint density at radius 1 is 1.11 bits per heavy atom. The van der Waals surface area contributed by atoms with E-state index in [2.05, 4.69) is 0 Å². The van der Waals surface area contributed by atoms with Crippen LogP contribution in [0.1, 0.15) is 54.9 Å². The van der Waals surface area contributed by atoms with Gasteiger partial charge in [0, 0.05) is 11.1 Å². The first-order chi connectivity index (χ1) is 8.66. The van der Waals surface area contributed by atoms with Crippen LogP contribution in [0.4, 0.5) is 4.39 Å². The molecule has 96 valence electrons. The number of carbonyl (C=O) groups is 1. The molecule has 0 aliphatic heterocycles. The van der Waals surface area contributed by atoms with Gasteiger partial charge in [0.05, 0.1) is 0 Å². The summed E-state index contributed by atoms with van der Waals surface area (Å²) in [6, 6.07) is 6.74. The molecule has 0 bridgehead atoms. The standard InChI is InChI=1S/C16H19FO/c1-12(18)14-7-9-15(10-8-14)16(17)11-13-5-3-2-4-6-13/h7-11,13H,2-6H2,1H3/b16-11-. The molecule has 0 amide bonds. The predicted molar refractivity (Wildman–Crippen MR) is 72.1 cm³/mol. The molecule has 1 aliphatic rings. The van der Waals surface area contributed by atoms with Crippen LogP contribution in [0, 0.1) is 5.92 Å². The van der Waals surface area contributed by atoms with Crippen LogP contribution in [0.5, 0.6) is 0 Å². The Hall–Kier alpha value is -1.44. The van der Waals surface area contributed by atoms with Gasteiger partial charge in [0.2, 0.25) is 0 Å². The molecule has 18 heavy (non-hydrogen) atoms. The Kier molecular flexibility index (Phi) is 4.29. The summed E-state index contributed by atoms with van der Waals surface area (Å²) in [5.41, 5.74) is 1.20. The highest BCUT2D eigenvalue weighted by Crippen LogP contribution is 2.28. The van der Waals surface area contributed by atoms with Crippen molar-refractivity contribution in [1.82, 2.24) is 0 Å². The van der Waals surface area contributed by atoms with Gasteiger partial charge in [0.1, 0.15) is 5.83 Å². The summed E-state index contributed by atoms with van der Waals surface area (Å²) in [6.07, 6.45) is 7.63. The average molecular weight is 246 g/mol. The van der Waals surface area contributed by atoms with E-state index in [1.807, 2.05) is 0 Å². The van der Waals surface area contributed by atoms with Crippen LogP contribution in [-0.2, 0) is 0 Å². The third kappa shape index (κ3) is 3.28. The number of hydrogen-bond acceptors (Lipinski definition) is 1. The predicted octanol–water partition coefficient (Wildman–Crippen LogP) is 4.78. The van der Waals surface area contributed by atoms with Gasteiger partial charge < -0.3 is 0 Å². The van der Waals surface area contributed by atoms with E-state index < -0.39 is 0 Å². The van der Waals surface area contributed by atoms with Gasteiger partial charge in [-0.1, -0.05) is 43.5 Å². The number of allylic oxidation sites excluding steroid dienone is 1. The minimum Gasteiger partial charge on any atom is -0.295 e. The van der Waals surface area contributed by atoms with Crippen LogP contribution < -0.4 is 0 Å². The summed E-state index contributed by atoms with van der Waals surface area (Å²) in [7, 11) is 0. The number of halogens is 1. The highest BCUT2D eigenvalue weighted by molar-refractivity contribution is 5.94. The summed E-state index contributed by atoms with van der Waals surface area (Å²) in [6.45, 7) is 1.52. The average Bonchev–Trinajstić information content (AvgIpc) is 2.40. The van der Waals surface area contributed by atoms with Gasteiger partial charge in [0.25, 0.3) is 0 Å². The van der Waals surface area contributed by atoms with Gasteiger partial charge in [-0.2, -0.15) is 0 Å². The molecule has 0 radical (unpaired) electrons. The van der Waals surface area contributed by atoms with E-state index in [-0.39, 0.29) is 11.6 Å². The van der Waals surface area contributed by atoms with Crippen LogP contribution in [0.2, 0.25) is 0 Å². The van der Waals surface area contributed by atoms with Crippen molar-refractivity contribution >= 4 is 11.6 Å². The fraction of sp³-hybridized carbons (Fsp3) is 0.438. The van der Waals surface area contributed by atoms with Gasteiger partial charge in [-0.25, -0.2) is 4.39 Å². The van der Waals surface area contributed by atoms with Crippen molar-refractivity contribution in [2.45, 2.75) is 39.0 Å². The molecule has 0 unspecified atom stereocenters. The quantitative estimate of drug-likeness (QED) is 0.701. The third-order valence-corrected chi connectivity index (χ3v) is 3.60. The van der Waals surface area contributed by atoms with Crippen molar-refractivity contribution < 1.29 is 9.18 Å². The fourth-order valence-electron chi connectivity index (χ4n) is 2.47. The minimum absolute atomic E-state index is 0.0122. The Balaban J connectivity index is 2.09. The summed E-state index contributed by atoms with van der Waals surface area (Å²) in [4.78, 5) is 11.1. The molecular weight excluding hydrogens is 227 g/mol. The van der Waals surface area contributed by atoms with E-state index in [4.69, 9.17) is 0 Å². The van der Waals surface area contributed by atoms with E-state index in [1.54, 1.807) is 30.3 Å². The van der Waals surface area contributed by atoms with Crippen molar-refractivity contribution in [3.8, 4) is 0 Å². The lowest BCUT2D eigenvalue weighted by atomic mass is 9.88. The number of hydrogen-bond donors (Lipinski definition) is 0. The van der Waals surface area contributed by atoms with Gasteiger partial charge in [-0.3, -0.25) is 4.79 Å². The maximum absolute atomic E-state index is 14.0. The largest absolute Gasteiger partial charge is 0.295 e. The lowest BCUT2D eigenvalue weighted by Crippen LogP contribution is -2.03. The minimum atomic E-state index is -0.156. The maximum atomic E-state index is 14.0. The van der Waals surface area contributed by atoms with Gasteiger partial charge in [0.15, 0.2) is 5.78 Å². The van der Waals surface area contributed by atoms with Crippen LogP contribution >= 0.6 is 0 Å². The molecule has 1 fully saturated rings. The zero-order chi connectivity index (χ0) is 13.0. The summed E-state index contributed by atoms with van der Waals surface area (Å²) < 4.78 is 14.0.